The number of nitrogens with one attached hydrogen (secondary N) is 4. The van der Waals surface area contributed by atoms with Crippen LogP contribution in [0.2, 0.25) is 5.02 Å². The number of benzene rings is 2. The lowest BCUT2D eigenvalue weighted by molar-refractivity contribution is -0.142. The number of carbonyl (C=O) groups is 4. The molecule has 2 aromatic carbocycles. The fourth-order valence-electron chi connectivity index (χ4n) is 8.43. The van der Waals surface area contributed by atoms with E-state index in [1.165, 1.54) is 22.4 Å². The third kappa shape index (κ3) is 14.5. The number of aryl methyl sites for hydroxylation is 3. The van der Waals surface area contributed by atoms with Crippen LogP contribution in [0.25, 0.3) is 10.4 Å². The molecule has 7 rings (SSSR count). The highest BCUT2D eigenvalue weighted by atomic mass is 35.5. The van der Waals surface area contributed by atoms with Gasteiger partial charge in [0, 0.05) is 58.4 Å². The fourth-order valence-corrected chi connectivity index (χ4v) is 10.2. The minimum absolute atomic E-state index is 0.0219. The van der Waals surface area contributed by atoms with E-state index in [4.69, 9.17) is 21.1 Å². The SMILES string of the molecule is Cc1nc(Nc2ncc(C(=O)Nc3c(C)cccc3Cl)s2)cc(N2CCN(C(=O)CCOCCOCCCNC(C(=O)N3C[C@H](O)C[C@H]3C(=O)NCc3ccc(-c4scnc4C)cc3)C(C)(C)C)CC2)n1. The molecule has 5 heterocycles. The van der Waals surface area contributed by atoms with Gasteiger partial charge < -0.3 is 50.5 Å². The van der Waals surface area contributed by atoms with Gasteiger partial charge in [-0.25, -0.2) is 19.9 Å². The molecule has 3 atom stereocenters. The van der Waals surface area contributed by atoms with Crippen molar-refractivity contribution in [3.05, 3.63) is 92.8 Å². The molecule has 0 bridgehead atoms. The van der Waals surface area contributed by atoms with E-state index in [-0.39, 0.29) is 49.6 Å². The minimum atomic E-state index is -0.788. The molecular weight excluding hydrogens is 966 g/mol. The molecule has 21 heteroatoms. The molecule has 5 aromatic rings. The van der Waals surface area contributed by atoms with Gasteiger partial charge in [0.05, 0.1) is 71.4 Å². The summed E-state index contributed by atoms with van der Waals surface area (Å²) in [5.74, 6) is 1.05. The number of hydrogen-bond acceptors (Lipinski definition) is 16. The zero-order valence-corrected chi connectivity index (χ0v) is 43.5. The van der Waals surface area contributed by atoms with Gasteiger partial charge in [0.15, 0.2) is 5.13 Å². The number of piperazine rings is 1. The summed E-state index contributed by atoms with van der Waals surface area (Å²) < 4.78 is 11.5. The molecule has 2 fully saturated rings. The summed E-state index contributed by atoms with van der Waals surface area (Å²) in [6.45, 7) is 16.2. The number of aliphatic hydroxyl groups excluding tert-OH is 1. The maximum atomic E-state index is 14.0. The zero-order valence-electron chi connectivity index (χ0n) is 41.1. The molecule has 0 aliphatic carbocycles. The number of likely N-dealkylation sites (tertiary alicyclic amines) is 1. The van der Waals surface area contributed by atoms with E-state index in [1.54, 1.807) is 17.4 Å². The van der Waals surface area contributed by atoms with Gasteiger partial charge in [-0.1, -0.05) is 80.1 Å². The Morgan fingerprint density at radius 1 is 0.944 bits per heavy atom. The Morgan fingerprint density at radius 3 is 2.39 bits per heavy atom. The number of rotatable bonds is 21. The molecule has 0 spiro atoms. The van der Waals surface area contributed by atoms with Gasteiger partial charge in [-0.15, -0.1) is 11.3 Å². The van der Waals surface area contributed by atoms with Crippen LogP contribution in [-0.2, 0) is 30.4 Å². The molecule has 18 nitrogen and oxygen atoms in total. The molecule has 2 aliphatic heterocycles. The first kappa shape index (κ1) is 53.2. The minimum Gasteiger partial charge on any atom is -0.391 e. The summed E-state index contributed by atoms with van der Waals surface area (Å²) in [5, 5.41) is 24.0. The number of aromatic nitrogens is 4. The number of anilines is 4. The molecule has 5 N–H and O–H groups in total. The van der Waals surface area contributed by atoms with Gasteiger partial charge in [0.2, 0.25) is 17.7 Å². The highest BCUT2D eigenvalue weighted by Gasteiger charge is 2.43. The van der Waals surface area contributed by atoms with E-state index < -0.39 is 23.6 Å². The van der Waals surface area contributed by atoms with Gasteiger partial charge >= 0.3 is 0 Å². The van der Waals surface area contributed by atoms with Crippen LogP contribution in [0.3, 0.4) is 0 Å². The van der Waals surface area contributed by atoms with E-state index in [9.17, 15) is 24.3 Å². The first-order valence-electron chi connectivity index (χ1n) is 23.9. The molecular formula is C50H64ClN11O7S2. The van der Waals surface area contributed by atoms with Gasteiger partial charge in [-0.2, -0.15) is 0 Å². The zero-order chi connectivity index (χ0) is 50.7. The van der Waals surface area contributed by atoms with Crippen LogP contribution in [0.1, 0.15) is 72.4 Å². The first-order valence-corrected chi connectivity index (χ1v) is 25.9. The standard InChI is InChI=1S/C50H64ClN11O7S2/c1-31-9-7-10-37(51)43(31)59-47(66)39-28-54-49(71-39)58-40-26-41(57-33(3)56-40)60-17-19-61(20-18-60)42(64)15-22-69-24-23-68-21-8-16-52-45(50(4,5)6)48(67)62-29-36(63)25-38(62)46(65)53-27-34-11-13-35(14-12-34)44-32(2)55-30-70-44/h7,9-14,26,28,30,36,38,45,52,63H,8,15-25,27,29H2,1-6H3,(H,53,65)(H,59,66)(H,54,56,57,58)/t36-,38+,45?/m1/s1. The summed E-state index contributed by atoms with van der Waals surface area (Å²) in [4.78, 5) is 78.3. The average Bonchev–Trinajstić information content (AvgIpc) is 4.10. The summed E-state index contributed by atoms with van der Waals surface area (Å²) in [5.41, 5.74) is 5.77. The second kappa shape index (κ2) is 24.7. The van der Waals surface area contributed by atoms with Crippen molar-refractivity contribution in [3.63, 3.8) is 0 Å². The van der Waals surface area contributed by atoms with Crippen LogP contribution in [0.4, 0.5) is 22.5 Å². The van der Waals surface area contributed by atoms with E-state index in [0.717, 1.165) is 33.1 Å². The highest BCUT2D eigenvalue weighted by Crippen LogP contribution is 2.31. The third-order valence-electron chi connectivity index (χ3n) is 12.3. The third-order valence-corrected chi connectivity index (χ3v) is 14.5. The smallest absolute Gasteiger partial charge is 0.267 e. The van der Waals surface area contributed by atoms with Crippen LogP contribution in [-0.4, -0.2) is 142 Å². The molecule has 2 saturated heterocycles. The summed E-state index contributed by atoms with van der Waals surface area (Å²) in [7, 11) is 0. The van der Waals surface area contributed by atoms with Crippen LogP contribution in [0, 0.1) is 26.2 Å². The molecule has 380 valence electrons. The Hall–Kier alpha value is -5.61. The van der Waals surface area contributed by atoms with E-state index in [0.29, 0.717) is 97.9 Å². The van der Waals surface area contributed by atoms with Gasteiger partial charge in [-0.05, 0) is 61.9 Å². The largest absolute Gasteiger partial charge is 0.391 e. The fraction of sp³-hybridized carbons (Fsp3) is 0.480. The normalized spacial score (nSPS) is 16.5. The Morgan fingerprint density at radius 2 is 1.69 bits per heavy atom. The van der Waals surface area contributed by atoms with Crippen molar-refractivity contribution in [3.8, 4) is 10.4 Å². The van der Waals surface area contributed by atoms with Crippen LogP contribution in [0.15, 0.2) is 60.2 Å². The number of para-hydroxylation sites is 1. The predicted molar refractivity (Wildman–Crippen MR) is 277 cm³/mol. The number of β-amino-alcohol motifs (C(OH)–C–C–N with tert-alkyl or cyclic N) is 1. The molecule has 0 radical (unpaired) electrons. The van der Waals surface area contributed by atoms with Crippen molar-refractivity contribution >= 4 is 80.4 Å². The van der Waals surface area contributed by atoms with Crippen molar-refractivity contribution in [2.45, 2.75) is 85.5 Å². The maximum absolute atomic E-state index is 14.0. The van der Waals surface area contributed by atoms with E-state index in [2.05, 4.69) is 46.1 Å². The van der Waals surface area contributed by atoms with Crippen LogP contribution >= 0.6 is 34.3 Å². The highest BCUT2D eigenvalue weighted by molar-refractivity contribution is 7.17. The quantitative estimate of drug-likeness (QED) is 0.0505. The molecule has 2 aliphatic rings. The van der Waals surface area contributed by atoms with Crippen LogP contribution < -0.4 is 26.2 Å². The van der Waals surface area contributed by atoms with Gasteiger partial charge in [-0.3, -0.25) is 19.2 Å². The van der Waals surface area contributed by atoms with Crippen molar-refractivity contribution in [1.82, 2.24) is 40.4 Å². The lowest BCUT2D eigenvalue weighted by Crippen LogP contribution is -2.56. The number of thiazole rings is 2. The van der Waals surface area contributed by atoms with Crippen molar-refractivity contribution in [2.24, 2.45) is 5.41 Å². The summed E-state index contributed by atoms with van der Waals surface area (Å²) in [6.07, 6.45) is 1.80. The number of amides is 4. The molecule has 71 heavy (non-hydrogen) atoms. The molecule has 3 aromatic heterocycles. The number of hydrogen-bond donors (Lipinski definition) is 5. The number of halogens is 1. The van der Waals surface area contributed by atoms with E-state index >= 15 is 0 Å². The van der Waals surface area contributed by atoms with E-state index in [1.807, 2.05) is 94.4 Å². The second-order valence-corrected chi connectivity index (χ2v) is 21.0. The summed E-state index contributed by atoms with van der Waals surface area (Å²) >= 11 is 9.08. The topological polar surface area (TPSA) is 216 Å². The van der Waals surface area contributed by atoms with Gasteiger partial charge in [0.1, 0.15) is 28.4 Å². The summed E-state index contributed by atoms with van der Waals surface area (Å²) in [6, 6.07) is 13.9. The second-order valence-electron chi connectivity index (χ2n) is 18.7. The van der Waals surface area contributed by atoms with Crippen LogP contribution in [0.5, 0.6) is 0 Å². The monoisotopic (exact) mass is 1030 g/mol. The Labute approximate surface area is 427 Å². The number of carbonyl (C=O) groups excluding carboxylic acids is 4. The Bertz CT molecular complexity index is 2600. The van der Waals surface area contributed by atoms with Crippen molar-refractivity contribution < 1.29 is 33.8 Å². The maximum Gasteiger partial charge on any atom is 0.267 e. The van der Waals surface area contributed by atoms with Crippen molar-refractivity contribution in [2.75, 3.05) is 81.2 Å². The number of ether oxygens (including phenoxy) is 2. The lowest BCUT2D eigenvalue weighted by atomic mass is 9.85. The molecule has 0 saturated carbocycles. The predicted octanol–water partition coefficient (Wildman–Crippen LogP) is 6.38. The Kier molecular flexibility index (Phi) is 18.5. The molecule has 1 unspecified atom stereocenters. The first-order chi connectivity index (χ1) is 34.0. The Balaban J connectivity index is 0.762. The number of aliphatic hydroxyl groups is 1. The van der Waals surface area contributed by atoms with Crippen molar-refractivity contribution in [1.29, 1.82) is 0 Å². The van der Waals surface area contributed by atoms with Gasteiger partial charge in [0.25, 0.3) is 5.91 Å². The molecule has 4 amide bonds. The number of nitrogens with zero attached hydrogens (tertiary/aromatic N) is 7. The average molecular weight is 1030 g/mol. The lowest BCUT2D eigenvalue weighted by Gasteiger charge is -2.35.